The predicted molar refractivity (Wildman–Crippen MR) is 112 cm³/mol. The molecule has 4 aliphatic rings. The van der Waals surface area contributed by atoms with E-state index in [1.807, 2.05) is 10.4 Å². The molecule has 0 radical (unpaired) electrons. The van der Waals surface area contributed by atoms with Gasteiger partial charge in [0.15, 0.2) is 0 Å². The van der Waals surface area contributed by atoms with Gasteiger partial charge in [-0.2, -0.15) is 0 Å². The number of hydrogen-bond acceptors (Lipinski definition) is 0. The van der Waals surface area contributed by atoms with Gasteiger partial charge in [-0.3, -0.25) is 0 Å². The van der Waals surface area contributed by atoms with Crippen LogP contribution in [0.1, 0.15) is 40.5 Å². The standard InChI is InChI=1S/2C11H17Si.2ClH.Hf/c2*1-3-12(7-4-8-12)11-6-5-10(2)9-11;;;/h2*5-6,9H,3-4,7-8H2,1-2H3;2*1H;/q;;;;+2/p-2. The summed E-state index contributed by atoms with van der Waals surface area (Å²) in [6.45, 7) is 10.1. The third-order valence-corrected chi connectivity index (χ3v) is 25.0. The molecule has 2 heterocycles. The first-order valence-corrected chi connectivity index (χ1v) is 19.3. The second-order valence-corrected chi connectivity index (χ2v) is 27.9. The Kier molecular flexibility index (Phi) is 7.62. The van der Waals surface area contributed by atoms with E-state index in [-0.39, 0.29) is 24.8 Å². The van der Waals surface area contributed by atoms with Crippen molar-refractivity contribution in [3.05, 3.63) is 46.8 Å². The number of halogens is 2. The Balaban J connectivity index is 0.00000131. The van der Waals surface area contributed by atoms with Crippen LogP contribution < -0.4 is 24.8 Å². The van der Waals surface area contributed by atoms with Crippen LogP contribution in [0.2, 0.25) is 42.6 Å². The molecule has 0 saturated carbocycles. The van der Waals surface area contributed by atoms with Crippen LogP contribution in [0, 0.1) is 0 Å². The van der Waals surface area contributed by atoms with Crippen LogP contribution in [0.15, 0.2) is 46.8 Å². The maximum absolute atomic E-state index is 2.78. The molecule has 0 N–H and O–H groups in total. The van der Waals surface area contributed by atoms with E-state index in [4.69, 9.17) is 0 Å². The molecule has 148 valence electrons. The molecule has 2 unspecified atom stereocenters. The molecule has 0 aromatic heterocycles. The normalized spacial score (nSPS) is 34.4. The van der Waals surface area contributed by atoms with Gasteiger partial charge in [0.05, 0.1) is 0 Å². The summed E-state index contributed by atoms with van der Waals surface area (Å²) in [5, 5.41) is 3.67. The molecule has 0 aromatic carbocycles. The summed E-state index contributed by atoms with van der Waals surface area (Å²) < 4.78 is 0.928. The zero-order valence-corrected chi connectivity index (χ0v) is 24.5. The molecule has 2 atom stereocenters. The van der Waals surface area contributed by atoms with Gasteiger partial charge in [0.2, 0.25) is 0 Å². The van der Waals surface area contributed by atoms with Crippen molar-refractivity contribution in [3.8, 4) is 0 Å². The van der Waals surface area contributed by atoms with Crippen molar-refractivity contribution < 1.29 is 47.7 Å². The summed E-state index contributed by atoms with van der Waals surface area (Å²) in [5.74, 6) is 0. The van der Waals surface area contributed by atoms with E-state index >= 15 is 0 Å². The van der Waals surface area contributed by atoms with Crippen molar-refractivity contribution in [1.82, 2.24) is 0 Å². The van der Waals surface area contributed by atoms with Crippen molar-refractivity contribution >= 4 is 16.1 Å². The average molecular weight is 604 g/mol. The Morgan fingerprint density at radius 1 is 0.778 bits per heavy atom. The van der Waals surface area contributed by atoms with Gasteiger partial charge in [-0.25, -0.2) is 0 Å². The van der Waals surface area contributed by atoms with E-state index in [0.717, 1.165) is 0 Å². The Morgan fingerprint density at radius 3 is 1.41 bits per heavy atom. The molecular weight excluding hydrogens is 570 g/mol. The average Bonchev–Trinajstić information content (AvgIpc) is 3.03. The van der Waals surface area contributed by atoms with Gasteiger partial charge in [-0.05, 0) is 0 Å². The summed E-state index contributed by atoms with van der Waals surface area (Å²) in [5.41, 5.74) is 0. The fraction of sp³-hybridized carbons (Fsp3) is 0.636. The van der Waals surface area contributed by atoms with Gasteiger partial charge < -0.3 is 24.8 Å². The van der Waals surface area contributed by atoms with Gasteiger partial charge >= 0.3 is 169 Å². The van der Waals surface area contributed by atoms with Crippen molar-refractivity contribution in [3.63, 3.8) is 0 Å². The maximum atomic E-state index is 2.78. The Labute approximate surface area is 192 Å². The van der Waals surface area contributed by atoms with Crippen LogP contribution in [-0.2, 0) is 22.9 Å². The first-order chi connectivity index (χ1) is 11.9. The largest absolute Gasteiger partial charge is 1.00 e. The summed E-state index contributed by atoms with van der Waals surface area (Å²) in [7, 11) is -2.04. The van der Waals surface area contributed by atoms with E-state index in [9.17, 15) is 0 Å². The van der Waals surface area contributed by atoms with Crippen LogP contribution in [-0.4, -0.2) is 16.1 Å². The Hall–Kier alpha value is 0.844. The van der Waals surface area contributed by atoms with E-state index < -0.39 is 39.1 Å². The number of rotatable bonds is 6. The smallest absolute Gasteiger partial charge is 1.00 e. The second kappa shape index (κ2) is 8.53. The van der Waals surface area contributed by atoms with Crippen LogP contribution in [0.5, 0.6) is 0 Å². The SMILES string of the molecule is CC[Si]1(C2=C[C](C)([Hf+2][C]3(C)C=CC([Si]4(CC)CCC4)=C3)C=C2)CCC1.[Cl-].[Cl-]. The monoisotopic (exact) mass is 604 g/mol. The van der Waals surface area contributed by atoms with Crippen LogP contribution in [0.25, 0.3) is 0 Å². The molecular formula is C22H34Cl2HfSi2. The molecule has 5 heteroatoms. The molecule has 2 fully saturated rings. The molecule has 0 spiro atoms. The fourth-order valence-electron chi connectivity index (χ4n) is 5.66. The number of allylic oxidation sites excluding steroid dienone is 8. The quantitative estimate of drug-likeness (QED) is 0.401. The van der Waals surface area contributed by atoms with Crippen molar-refractivity contribution in [2.45, 2.75) is 83.1 Å². The Morgan fingerprint density at radius 2 is 1.15 bits per heavy atom. The second-order valence-electron chi connectivity index (χ2n) is 9.53. The van der Waals surface area contributed by atoms with Gasteiger partial charge in [0.25, 0.3) is 0 Å². The Bertz CT molecular complexity index is 619. The molecule has 0 aromatic rings. The predicted octanol–water partition coefficient (Wildman–Crippen LogP) is 1.25. The van der Waals surface area contributed by atoms with E-state index in [2.05, 4.69) is 64.2 Å². The fourth-order valence-corrected chi connectivity index (χ4v) is 21.6. The summed E-state index contributed by atoms with van der Waals surface area (Å²) in [6.07, 6.45) is 19.0. The van der Waals surface area contributed by atoms with Gasteiger partial charge in [-0.15, -0.1) is 0 Å². The minimum Gasteiger partial charge on any atom is -1.00 e. The summed E-state index contributed by atoms with van der Waals surface area (Å²) in [4.78, 5) is 0. The first kappa shape index (κ1) is 24.1. The molecule has 4 rings (SSSR count). The molecule has 27 heavy (non-hydrogen) atoms. The molecule has 2 aliphatic heterocycles. The summed E-state index contributed by atoms with van der Waals surface area (Å²) >= 11 is -0.883. The van der Waals surface area contributed by atoms with Crippen LogP contribution in [0.4, 0.5) is 0 Å². The van der Waals surface area contributed by atoms with E-state index in [1.165, 1.54) is 24.9 Å². The third kappa shape index (κ3) is 4.20. The third-order valence-electron chi connectivity index (χ3n) is 7.87. The van der Waals surface area contributed by atoms with Crippen LogP contribution >= 0.6 is 0 Å². The van der Waals surface area contributed by atoms with Gasteiger partial charge in [0, 0.05) is 0 Å². The molecule has 2 aliphatic carbocycles. The minimum atomic E-state index is -1.02. The molecule has 0 amide bonds. The van der Waals surface area contributed by atoms with Crippen molar-refractivity contribution in [2.75, 3.05) is 0 Å². The van der Waals surface area contributed by atoms with E-state index in [1.54, 1.807) is 24.2 Å². The maximum Gasteiger partial charge on any atom is -1.00 e. The zero-order chi connectivity index (χ0) is 17.8. The topological polar surface area (TPSA) is 0 Å². The zero-order valence-electron chi connectivity index (χ0n) is 17.4. The first-order valence-electron chi connectivity index (χ1n) is 10.5. The molecule has 0 nitrogen and oxygen atoms in total. The van der Waals surface area contributed by atoms with E-state index in [0.29, 0.717) is 6.34 Å². The number of hydrogen-bond donors (Lipinski definition) is 0. The van der Waals surface area contributed by atoms with Crippen molar-refractivity contribution in [2.24, 2.45) is 0 Å². The van der Waals surface area contributed by atoms with Crippen LogP contribution in [0.3, 0.4) is 0 Å². The summed E-state index contributed by atoms with van der Waals surface area (Å²) in [6, 6.07) is 9.20. The van der Waals surface area contributed by atoms with Gasteiger partial charge in [-0.1, -0.05) is 0 Å². The molecule has 0 bridgehead atoms. The van der Waals surface area contributed by atoms with Crippen molar-refractivity contribution in [1.29, 1.82) is 0 Å². The van der Waals surface area contributed by atoms with Gasteiger partial charge in [0.1, 0.15) is 0 Å². The molecule has 2 saturated heterocycles. The minimum absolute atomic E-state index is 0.